The van der Waals surface area contributed by atoms with Gasteiger partial charge >= 0.3 is 6.18 Å². The van der Waals surface area contributed by atoms with E-state index in [0.29, 0.717) is 28.0 Å². The quantitative estimate of drug-likeness (QED) is 0.180. The molecule has 1 N–H and O–H groups in total. The van der Waals surface area contributed by atoms with Crippen molar-refractivity contribution in [3.05, 3.63) is 52.3 Å². The second kappa shape index (κ2) is 14.2. The lowest BCUT2D eigenvalue weighted by Crippen LogP contribution is -2.39. The molecule has 0 spiro atoms. The zero-order chi connectivity index (χ0) is 33.3. The van der Waals surface area contributed by atoms with Crippen LogP contribution in [0.15, 0.2) is 30.6 Å². The van der Waals surface area contributed by atoms with Gasteiger partial charge in [0.15, 0.2) is 0 Å². The Labute approximate surface area is 281 Å². The van der Waals surface area contributed by atoms with E-state index < -0.39 is 12.6 Å². The first-order valence-electron chi connectivity index (χ1n) is 16.5. The molecule has 2 aliphatic rings. The Kier molecular flexibility index (Phi) is 10.3. The van der Waals surface area contributed by atoms with Crippen LogP contribution in [0.1, 0.15) is 67.6 Å². The number of nitrogens with one attached hydrogen (secondary N) is 1. The van der Waals surface area contributed by atoms with Crippen molar-refractivity contribution < 1.29 is 13.2 Å². The highest BCUT2D eigenvalue weighted by molar-refractivity contribution is 8.12. The number of nitrogens with zero attached hydrogens (tertiary/aromatic N) is 6. The molecule has 5 heterocycles. The van der Waals surface area contributed by atoms with Crippen molar-refractivity contribution in [2.24, 2.45) is 5.92 Å². The number of fused-ring (bicyclic) bond motifs is 2. The second-order valence-corrected chi connectivity index (χ2v) is 16.2. The summed E-state index contributed by atoms with van der Waals surface area (Å²) in [4.78, 5) is 11.9. The average Bonchev–Trinajstić information content (AvgIpc) is 3.62. The number of halogens is 3. The third kappa shape index (κ3) is 7.69. The maximum Gasteiger partial charge on any atom is 0.393 e. The van der Waals surface area contributed by atoms with Gasteiger partial charge in [-0.2, -0.15) is 18.4 Å². The molecule has 4 aromatic rings. The number of aryl methyl sites for hydroxylation is 2. The van der Waals surface area contributed by atoms with Gasteiger partial charge in [0.2, 0.25) is 0 Å². The fourth-order valence-electron chi connectivity index (χ4n) is 7.39. The summed E-state index contributed by atoms with van der Waals surface area (Å²) >= 11 is 1.08. The van der Waals surface area contributed by atoms with E-state index in [0.717, 1.165) is 74.5 Å². The van der Waals surface area contributed by atoms with Crippen LogP contribution in [0.3, 0.4) is 0 Å². The molecule has 3 unspecified atom stereocenters. The summed E-state index contributed by atoms with van der Waals surface area (Å²) in [6, 6.07) is 11.3. The molecule has 12 heteroatoms. The van der Waals surface area contributed by atoms with E-state index in [1.807, 2.05) is 0 Å². The molecular formula is C35H44F3N7S2. The van der Waals surface area contributed by atoms with Crippen LogP contribution in [0.5, 0.6) is 0 Å². The van der Waals surface area contributed by atoms with E-state index in [9.17, 15) is 18.4 Å². The largest absolute Gasteiger partial charge is 0.393 e. The average molecular weight is 684 g/mol. The van der Waals surface area contributed by atoms with E-state index in [2.05, 4.69) is 85.7 Å². The number of nitriles is 1. The van der Waals surface area contributed by atoms with Crippen LogP contribution in [-0.4, -0.2) is 73.3 Å². The van der Waals surface area contributed by atoms with Gasteiger partial charge in [0.25, 0.3) is 0 Å². The fraction of sp³-hybridized carbons (Fsp3) is 0.543. The van der Waals surface area contributed by atoms with Crippen molar-refractivity contribution in [1.82, 2.24) is 23.7 Å². The monoisotopic (exact) mass is 683 g/mol. The normalized spacial score (nSPS) is 21.1. The number of alkyl halides is 3. The molecule has 3 aromatic heterocycles. The Morgan fingerprint density at radius 3 is 2.62 bits per heavy atom. The van der Waals surface area contributed by atoms with Crippen molar-refractivity contribution >= 4 is 54.3 Å². The van der Waals surface area contributed by atoms with Crippen LogP contribution in [0, 0.1) is 24.2 Å². The van der Waals surface area contributed by atoms with Crippen LogP contribution < -0.4 is 5.32 Å². The second-order valence-electron chi connectivity index (χ2n) is 13.1. The molecule has 6 rings (SSSR count). The third-order valence-electron chi connectivity index (χ3n) is 10.1. The SMILES string of the molecule is C/C=S(\C)N1CCC(CCn2c(C#N)cc3c(C)c(CN4CCC(Nc5ncnc6sc(CC(F)(F)F)cc56)CC4)ccc32)CC1C. The molecule has 0 bridgehead atoms. The van der Waals surface area contributed by atoms with Crippen LogP contribution >= 0.6 is 22.0 Å². The third-order valence-corrected chi connectivity index (χ3v) is 13.1. The number of rotatable bonds is 9. The highest BCUT2D eigenvalue weighted by Crippen LogP contribution is 2.35. The number of likely N-dealkylation sites (tertiary alicyclic amines) is 1. The summed E-state index contributed by atoms with van der Waals surface area (Å²) in [5.74, 6) is 1.29. The number of benzene rings is 1. The molecular weight excluding hydrogens is 640 g/mol. The molecule has 47 heavy (non-hydrogen) atoms. The minimum Gasteiger partial charge on any atom is -0.367 e. The maximum atomic E-state index is 13.0. The van der Waals surface area contributed by atoms with Crippen molar-refractivity contribution in [3.8, 4) is 6.07 Å². The number of aromatic nitrogens is 3. The smallest absolute Gasteiger partial charge is 0.367 e. The van der Waals surface area contributed by atoms with E-state index in [4.69, 9.17) is 0 Å². The van der Waals surface area contributed by atoms with Gasteiger partial charge in [0, 0.05) is 60.6 Å². The fourth-order valence-corrected chi connectivity index (χ4v) is 9.73. The first-order valence-corrected chi connectivity index (χ1v) is 19.0. The number of hydrogen-bond acceptors (Lipinski definition) is 7. The van der Waals surface area contributed by atoms with Crippen molar-refractivity contribution in [2.75, 3.05) is 31.2 Å². The maximum absolute atomic E-state index is 13.0. The van der Waals surface area contributed by atoms with Crippen LogP contribution in [-0.2, 0) is 19.5 Å². The molecule has 3 atom stereocenters. The molecule has 7 nitrogen and oxygen atoms in total. The van der Waals surface area contributed by atoms with Crippen LogP contribution in [0.25, 0.3) is 21.1 Å². The van der Waals surface area contributed by atoms with Gasteiger partial charge in [0.05, 0.1) is 11.8 Å². The summed E-state index contributed by atoms with van der Waals surface area (Å²) in [5, 5.41) is 17.7. The molecule has 252 valence electrons. The zero-order valence-corrected chi connectivity index (χ0v) is 29.2. The van der Waals surface area contributed by atoms with Gasteiger partial charge in [-0.25, -0.2) is 9.97 Å². The summed E-state index contributed by atoms with van der Waals surface area (Å²) in [7, 11) is 0.229. The number of thiophene rings is 1. The zero-order valence-electron chi connectivity index (χ0n) is 27.6. The molecule has 0 radical (unpaired) electrons. The topological polar surface area (TPSA) is 73.0 Å². The summed E-state index contributed by atoms with van der Waals surface area (Å²) < 4.78 is 43.7. The van der Waals surface area contributed by atoms with E-state index in [1.54, 1.807) is 6.07 Å². The van der Waals surface area contributed by atoms with Gasteiger partial charge in [-0.15, -0.1) is 22.0 Å². The molecule has 2 fully saturated rings. The minimum absolute atomic E-state index is 0.190. The predicted octanol–water partition coefficient (Wildman–Crippen LogP) is 8.13. The van der Waals surface area contributed by atoms with Gasteiger partial charge in [-0.3, -0.25) is 9.21 Å². The number of anilines is 1. The highest BCUT2D eigenvalue weighted by Gasteiger charge is 2.30. The molecule has 0 aliphatic carbocycles. The lowest BCUT2D eigenvalue weighted by atomic mass is 9.90. The first-order chi connectivity index (χ1) is 22.5. The Bertz CT molecular complexity index is 1800. The van der Waals surface area contributed by atoms with E-state index in [1.165, 1.54) is 35.7 Å². The lowest BCUT2D eigenvalue weighted by Gasteiger charge is -2.38. The number of hydrogen-bond donors (Lipinski definition) is 1. The molecule has 1 aromatic carbocycles. The summed E-state index contributed by atoms with van der Waals surface area (Å²) in [6.07, 6.45) is 3.88. The van der Waals surface area contributed by atoms with Crippen molar-refractivity contribution in [2.45, 2.75) is 90.6 Å². The Balaban J connectivity index is 1.07. The van der Waals surface area contributed by atoms with E-state index in [-0.39, 0.29) is 21.6 Å². The van der Waals surface area contributed by atoms with Gasteiger partial charge in [-0.05, 0) is 94.4 Å². The summed E-state index contributed by atoms with van der Waals surface area (Å²) in [5.41, 5.74) is 4.40. The highest BCUT2D eigenvalue weighted by atomic mass is 32.2. The van der Waals surface area contributed by atoms with Crippen LogP contribution in [0.4, 0.5) is 19.0 Å². The number of piperidine rings is 2. The van der Waals surface area contributed by atoms with Crippen molar-refractivity contribution in [3.63, 3.8) is 0 Å². The molecule has 2 saturated heterocycles. The minimum atomic E-state index is -4.25. The standard InChI is InChI=1S/C35H44F3N7S2/c1-5-47(4)45-15-9-25(16-23(45)2)8-14-44-28(20-39)17-30-24(3)26(6-7-32(30)44)21-43-12-10-27(11-13-43)42-33-31-18-29(19-35(36,37)38)46-34(31)41-22-40-33/h5-7,17-18,22-23,25,27H,8-16,19,21H2,1-4H3,(H,40,41,42). The summed E-state index contributed by atoms with van der Waals surface area (Å²) in [6.45, 7) is 11.4. The van der Waals surface area contributed by atoms with Gasteiger partial charge in [-0.1, -0.05) is 11.4 Å². The molecule has 0 amide bonds. The van der Waals surface area contributed by atoms with E-state index >= 15 is 0 Å². The molecule has 0 saturated carbocycles. The Hall–Kier alpha value is -2.98. The molecule has 2 aliphatic heterocycles. The van der Waals surface area contributed by atoms with Gasteiger partial charge in [0.1, 0.15) is 28.7 Å². The van der Waals surface area contributed by atoms with Crippen molar-refractivity contribution in [1.29, 1.82) is 5.26 Å². The Morgan fingerprint density at radius 1 is 1.13 bits per heavy atom. The predicted molar refractivity (Wildman–Crippen MR) is 189 cm³/mol. The van der Waals surface area contributed by atoms with Crippen LogP contribution in [0.2, 0.25) is 0 Å². The Morgan fingerprint density at radius 2 is 1.91 bits per heavy atom. The van der Waals surface area contributed by atoms with Gasteiger partial charge < -0.3 is 9.88 Å². The lowest BCUT2D eigenvalue weighted by molar-refractivity contribution is -0.126. The first kappa shape index (κ1) is 33.9.